The number of imidazole rings is 1. The normalized spacial score (nSPS) is 13.4. The second-order valence-corrected chi connectivity index (χ2v) is 5.69. The van der Waals surface area contributed by atoms with Gasteiger partial charge in [0.05, 0.1) is 16.9 Å². The van der Waals surface area contributed by atoms with E-state index < -0.39 is 0 Å². The summed E-state index contributed by atoms with van der Waals surface area (Å²) >= 11 is 12.1. The fourth-order valence-corrected chi connectivity index (χ4v) is 3.21. The van der Waals surface area contributed by atoms with Gasteiger partial charge >= 0.3 is 0 Å². The number of fused-ring (bicyclic) bond motifs is 1. The average molecular weight is 299 g/mol. The van der Waals surface area contributed by atoms with E-state index in [1.54, 1.807) is 0 Å². The SMILES string of the molecule is CCC(CC)C(C)n1c(CCl)nc2cc(Cl)ccc21. The first-order valence-electron chi connectivity index (χ1n) is 6.84. The zero-order valence-corrected chi connectivity index (χ0v) is 13.2. The Morgan fingerprint density at radius 1 is 1.26 bits per heavy atom. The number of rotatable bonds is 5. The molecule has 1 aromatic heterocycles. The van der Waals surface area contributed by atoms with Crippen molar-refractivity contribution in [2.45, 2.75) is 45.5 Å². The Morgan fingerprint density at radius 3 is 2.53 bits per heavy atom. The fraction of sp³-hybridized carbons (Fsp3) is 0.533. The Hall–Kier alpha value is -0.730. The maximum atomic E-state index is 6.06. The molecular weight excluding hydrogens is 279 g/mol. The van der Waals surface area contributed by atoms with Crippen molar-refractivity contribution in [1.29, 1.82) is 0 Å². The van der Waals surface area contributed by atoms with Crippen LogP contribution in [-0.2, 0) is 5.88 Å². The van der Waals surface area contributed by atoms with E-state index in [9.17, 15) is 0 Å². The van der Waals surface area contributed by atoms with Gasteiger partial charge in [-0.25, -0.2) is 4.98 Å². The van der Waals surface area contributed by atoms with Crippen LogP contribution in [0.3, 0.4) is 0 Å². The Balaban J connectivity index is 2.57. The standard InChI is InChI=1S/C15H20Cl2N2/c1-4-11(5-2)10(3)19-14-7-6-12(17)8-13(14)18-15(19)9-16/h6-8,10-11H,4-5,9H2,1-3H3. The molecule has 19 heavy (non-hydrogen) atoms. The lowest BCUT2D eigenvalue weighted by Gasteiger charge is -2.25. The highest BCUT2D eigenvalue weighted by atomic mass is 35.5. The first-order chi connectivity index (χ1) is 9.12. The summed E-state index contributed by atoms with van der Waals surface area (Å²) < 4.78 is 2.27. The van der Waals surface area contributed by atoms with Gasteiger partial charge in [-0.05, 0) is 31.0 Å². The van der Waals surface area contributed by atoms with Gasteiger partial charge in [0, 0.05) is 11.1 Å². The van der Waals surface area contributed by atoms with Gasteiger partial charge in [-0.3, -0.25) is 0 Å². The van der Waals surface area contributed by atoms with Crippen molar-refractivity contribution in [3.8, 4) is 0 Å². The summed E-state index contributed by atoms with van der Waals surface area (Å²) in [4.78, 5) is 4.61. The van der Waals surface area contributed by atoms with Crippen LogP contribution in [0.25, 0.3) is 11.0 Å². The first-order valence-corrected chi connectivity index (χ1v) is 7.75. The Bertz CT molecular complexity index is 559. The van der Waals surface area contributed by atoms with Crippen LogP contribution in [0.5, 0.6) is 0 Å². The molecule has 2 aromatic rings. The average Bonchev–Trinajstić information content (AvgIpc) is 2.77. The molecule has 0 aliphatic rings. The summed E-state index contributed by atoms with van der Waals surface area (Å²) in [5, 5.41) is 0.716. The second-order valence-electron chi connectivity index (χ2n) is 4.98. The van der Waals surface area contributed by atoms with Crippen LogP contribution in [0.15, 0.2) is 18.2 Å². The molecule has 0 fully saturated rings. The molecule has 0 aliphatic carbocycles. The number of halogens is 2. The van der Waals surface area contributed by atoms with E-state index in [0.29, 0.717) is 22.9 Å². The summed E-state index contributed by atoms with van der Waals surface area (Å²) in [6.07, 6.45) is 2.32. The highest BCUT2D eigenvalue weighted by Crippen LogP contribution is 2.31. The van der Waals surface area contributed by atoms with Crippen molar-refractivity contribution in [3.05, 3.63) is 29.0 Å². The minimum atomic E-state index is 0.398. The minimum absolute atomic E-state index is 0.398. The van der Waals surface area contributed by atoms with E-state index in [1.807, 2.05) is 18.2 Å². The quantitative estimate of drug-likeness (QED) is 0.673. The highest BCUT2D eigenvalue weighted by molar-refractivity contribution is 6.31. The fourth-order valence-electron chi connectivity index (χ4n) is 2.85. The summed E-state index contributed by atoms with van der Waals surface area (Å²) in [6.45, 7) is 6.73. The van der Waals surface area contributed by atoms with Crippen LogP contribution in [0, 0.1) is 5.92 Å². The highest BCUT2D eigenvalue weighted by Gasteiger charge is 2.21. The van der Waals surface area contributed by atoms with E-state index in [0.717, 1.165) is 29.7 Å². The Kier molecular flexibility index (Phi) is 4.75. The van der Waals surface area contributed by atoms with Gasteiger partial charge in [-0.2, -0.15) is 0 Å². The Labute approximate surface area is 124 Å². The van der Waals surface area contributed by atoms with Gasteiger partial charge in [0.15, 0.2) is 0 Å². The number of nitrogens with zero attached hydrogens (tertiary/aromatic N) is 2. The van der Waals surface area contributed by atoms with Crippen LogP contribution in [0.1, 0.15) is 45.5 Å². The molecule has 4 heteroatoms. The number of hydrogen-bond donors (Lipinski definition) is 0. The lowest BCUT2D eigenvalue weighted by Crippen LogP contribution is -2.17. The molecule has 1 aromatic carbocycles. The molecule has 0 spiro atoms. The summed E-state index contributed by atoms with van der Waals surface area (Å²) in [5.41, 5.74) is 2.06. The molecule has 2 rings (SSSR count). The number of benzene rings is 1. The zero-order valence-electron chi connectivity index (χ0n) is 11.7. The molecule has 2 nitrogen and oxygen atoms in total. The van der Waals surface area contributed by atoms with Crippen LogP contribution < -0.4 is 0 Å². The summed E-state index contributed by atoms with van der Waals surface area (Å²) in [6, 6.07) is 6.26. The molecule has 1 heterocycles. The molecule has 0 saturated heterocycles. The molecule has 104 valence electrons. The predicted molar refractivity (Wildman–Crippen MR) is 83.1 cm³/mol. The van der Waals surface area contributed by atoms with Gasteiger partial charge in [-0.1, -0.05) is 38.3 Å². The largest absolute Gasteiger partial charge is 0.324 e. The maximum Gasteiger partial charge on any atom is 0.125 e. The molecule has 0 aliphatic heterocycles. The lowest BCUT2D eigenvalue weighted by atomic mass is 9.95. The zero-order chi connectivity index (χ0) is 14.0. The third kappa shape index (κ3) is 2.75. The third-order valence-electron chi connectivity index (χ3n) is 3.98. The van der Waals surface area contributed by atoms with Gasteiger partial charge in [0.1, 0.15) is 5.82 Å². The predicted octanol–water partition coefficient (Wildman–Crippen LogP) is 5.43. The monoisotopic (exact) mass is 298 g/mol. The molecule has 0 radical (unpaired) electrons. The van der Waals surface area contributed by atoms with E-state index in [1.165, 1.54) is 0 Å². The van der Waals surface area contributed by atoms with Crippen molar-refractivity contribution in [1.82, 2.24) is 9.55 Å². The van der Waals surface area contributed by atoms with Gasteiger partial charge in [-0.15, -0.1) is 11.6 Å². The van der Waals surface area contributed by atoms with Crippen molar-refractivity contribution >= 4 is 34.2 Å². The number of hydrogen-bond acceptors (Lipinski definition) is 1. The van der Waals surface area contributed by atoms with Crippen LogP contribution in [0.2, 0.25) is 5.02 Å². The van der Waals surface area contributed by atoms with Crippen LogP contribution in [-0.4, -0.2) is 9.55 Å². The number of aromatic nitrogens is 2. The minimum Gasteiger partial charge on any atom is -0.324 e. The topological polar surface area (TPSA) is 17.8 Å². The van der Waals surface area contributed by atoms with Crippen molar-refractivity contribution in [2.75, 3.05) is 0 Å². The molecule has 0 bridgehead atoms. The van der Waals surface area contributed by atoms with E-state index in [-0.39, 0.29) is 0 Å². The second kappa shape index (κ2) is 6.15. The molecule has 1 unspecified atom stereocenters. The van der Waals surface area contributed by atoms with Gasteiger partial charge < -0.3 is 4.57 Å². The molecule has 1 atom stereocenters. The smallest absolute Gasteiger partial charge is 0.125 e. The van der Waals surface area contributed by atoms with E-state index in [2.05, 4.69) is 30.3 Å². The maximum absolute atomic E-state index is 6.06. The van der Waals surface area contributed by atoms with Crippen molar-refractivity contribution in [2.24, 2.45) is 5.92 Å². The van der Waals surface area contributed by atoms with Crippen molar-refractivity contribution < 1.29 is 0 Å². The Morgan fingerprint density at radius 2 is 1.95 bits per heavy atom. The molecule has 0 N–H and O–H groups in total. The van der Waals surface area contributed by atoms with E-state index >= 15 is 0 Å². The van der Waals surface area contributed by atoms with Crippen LogP contribution >= 0.6 is 23.2 Å². The van der Waals surface area contributed by atoms with Crippen LogP contribution in [0.4, 0.5) is 0 Å². The van der Waals surface area contributed by atoms with Gasteiger partial charge in [0.25, 0.3) is 0 Å². The molecule has 0 saturated carbocycles. The summed E-state index contributed by atoms with van der Waals surface area (Å²) in [5.74, 6) is 1.99. The lowest BCUT2D eigenvalue weighted by molar-refractivity contribution is 0.334. The molecule has 0 amide bonds. The first kappa shape index (κ1) is 14.7. The van der Waals surface area contributed by atoms with Gasteiger partial charge in [0.2, 0.25) is 0 Å². The molecular formula is C15H20Cl2N2. The number of alkyl halides is 1. The summed E-state index contributed by atoms with van der Waals surface area (Å²) in [7, 11) is 0. The van der Waals surface area contributed by atoms with Crippen molar-refractivity contribution in [3.63, 3.8) is 0 Å². The third-order valence-corrected chi connectivity index (χ3v) is 4.46. The van der Waals surface area contributed by atoms with E-state index in [4.69, 9.17) is 23.2 Å².